The van der Waals surface area contributed by atoms with E-state index in [9.17, 15) is 18.0 Å². The first-order valence-corrected chi connectivity index (χ1v) is 13.1. The first kappa shape index (κ1) is 26.3. The molecule has 0 radical (unpaired) electrons. The molecule has 0 aromatic heterocycles. The number of esters is 1. The van der Waals surface area contributed by atoms with Gasteiger partial charge in [-0.3, -0.25) is 0 Å². The Labute approximate surface area is 211 Å². The molecule has 4 rings (SSSR count). The minimum atomic E-state index is -1.13. The third kappa shape index (κ3) is 5.96. The molecule has 0 N–H and O–H groups in total. The summed E-state index contributed by atoms with van der Waals surface area (Å²) in [4.78, 5) is 12.7. The molecule has 2 fully saturated rings. The van der Waals surface area contributed by atoms with Gasteiger partial charge in [0.2, 0.25) is 0 Å². The van der Waals surface area contributed by atoms with Crippen LogP contribution in [0.25, 0.3) is 0 Å². The van der Waals surface area contributed by atoms with Crippen LogP contribution in [0.4, 0.5) is 13.2 Å². The first-order chi connectivity index (χ1) is 17.4. The van der Waals surface area contributed by atoms with Crippen LogP contribution in [0.15, 0.2) is 42.5 Å². The van der Waals surface area contributed by atoms with Gasteiger partial charge in [-0.05, 0) is 106 Å². The Kier molecular flexibility index (Phi) is 8.76. The van der Waals surface area contributed by atoms with Crippen molar-refractivity contribution in [2.75, 3.05) is 6.61 Å². The van der Waals surface area contributed by atoms with E-state index in [0.717, 1.165) is 25.7 Å². The highest BCUT2D eigenvalue weighted by molar-refractivity contribution is 5.90. The predicted octanol–water partition coefficient (Wildman–Crippen LogP) is 8.24. The van der Waals surface area contributed by atoms with Gasteiger partial charge in [-0.1, -0.05) is 24.3 Å². The number of ether oxygens (including phenoxy) is 2. The summed E-state index contributed by atoms with van der Waals surface area (Å²) in [5, 5.41) is 0. The van der Waals surface area contributed by atoms with E-state index < -0.39 is 23.7 Å². The summed E-state index contributed by atoms with van der Waals surface area (Å²) in [6, 6.07) is 7.82. The lowest BCUT2D eigenvalue weighted by Crippen LogP contribution is -2.25. The van der Waals surface area contributed by atoms with E-state index in [4.69, 9.17) is 9.47 Å². The Balaban J connectivity index is 1.34. The summed E-state index contributed by atoms with van der Waals surface area (Å²) >= 11 is 0. The third-order valence-electron chi connectivity index (χ3n) is 7.68. The molecule has 2 aromatic carbocycles. The fourth-order valence-electron chi connectivity index (χ4n) is 5.73. The van der Waals surface area contributed by atoms with Crippen molar-refractivity contribution in [3.8, 4) is 5.75 Å². The first-order valence-electron chi connectivity index (χ1n) is 13.1. The molecule has 2 aliphatic carbocycles. The van der Waals surface area contributed by atoms with Crippen LogP contribution in [-0.2, 0) is 4.74 Å². The van der Waals surface area contributed by atoms with E-state index in [1.807, 2.05) is 19.9 Å². The maximum atomic E-state index is 14.9. The van der Waals surface area contributed by atoms with E-state index in [0.29, 0.717) is 55.1 Å². The highest BCUT2D eigenvalue weighted by atomic mass is 19.2. The number of hydrogen-bond acceptors (Lipinski definition) is 3. The van der Waals surface area contributed by atoms with Crippen LogP contribution >= 0.6 is 0 Å². The molecule has 0 bridgehead atoms. The second-order valence-corrected chi connectivity index (χ2v) is 9.96. The van der Waals surface area contributed by atoms with Crippen molar-refractivity contribution in [1.82, 2.24) is 0 Å². The molecule has 194 valence electrons. The molecule has 0 amide bonds. The Morgan fingerprint density at radius 3 is 2.17 bits per heavy atom. The summed E-state index contributed by atoms with van der Waals surface area (Å²) in [5.74, 6) is -2.22. The molecule has 2 saturated carbocycles. The Hall–Kier alpha value is -2.76. The van der Waals surface area contributed by atoms with Gasteiger partial charge >= 0.3 is 5.97 Å². The number of benzene rings is 2. The quantitative estimate of drug-likeness (QED) is 0.284. The van der Waals surface area contributed by atoms with Crippen LogP contribution < -0.4 is 4.74 Å². The molecule has 2 aromatic rings. The molecule has 6 heteroatoms. The Morgan fingerprint density at radius 2 is 1.53 bits per heavy atom. The minimum absolute atomic E-state index is 0.0204. The maximum absolute atomic E-state index is 14.9. The molecule has 0 aliphatic heterocycles. The van der Waals surface area contributed by atoms with Crippen molar-refractivity contribution < 1.29 is 27.4 Å². The van der Waals surface area contributed by atoms with Crippen LogP contribution in [0.2, 0.25) is 0 Å². The van der Waals surface area contributed by atoms with E-state index in [1.54, 1.807) is 18.2 Å². The number of carbonyl (C=O) groups excluding carboxylic acids is 1. The summed E-state index contributed by atoms with van der Waals surface area (Å²) in [5.41, 5.74) is 0.617. The Morgan fingerprint density at radius 1 is 0.889 bits per heavy atom. The summed E-state index contributed by atoms with van der Waals surface area (Å²) in [6.45, 7) is 4.31. The molecular formula is C30H35F3O3. The van der Waals surface area contributed by atoms with Gasteiger partial charge in [0.05, 0.1) is 12.2 Å². The number of halogens is 3. The minimum Gasteiger partial charge on any atom is -0.494 e. The van der Waals surface area contributed by atoms with Crippen LogP contribution in [0.5, 0.6) is 5.75 Å². The second kappa shape index (κ2) is 12.0. The molecule has 0 unspecified atom stereocenters. The highest BCUT2D eigenvalue weighted by Gasteiger charge is 2.30. The average Bonchev–Trinajstić information content (AvgIpc) is 2.87. The normalized spacial score (nSPS) is 24.6. The molecular weight excluding hydrogens is 465 g/mol. The predicted molar refractivity (Wildman–Crippen MR) is 134 cm³/mol. The summed E-state index contributed by atoms with van der Waals surface area (Å²) in [6.07, 6.45) is 9.69. The number of carbonyl (C=O) groups is 1. The lowest BCUT2D eigenvalue weighted by atomic mass is 9.78. The lowest BCUT2D eigenvalue weighted by Gasteiger charge is -2.29. The summed E-state index contributed by atoms with van der Waals surface area (Å²) in [7, 11) is 0. The number of hydrogen-bond donors (Lipinski definition) is 0. The molecule has 0 heterocycles. The largest absolute Gasteiger partial charge is 0.494 e. The van der Waals surface area contributed by atoms with Gasteiger partial charge in [0, 0.05) is 6.07 Å². The van der Waals surface area contributed by atoms with E-state index in [2.05, 4.69) is 6.08 Å². The van der Waals surface area contributed by atoms with E-state index >= 15 is 0 Å². The van der Waals surface area contributed by atoms with E-state index in [1.165, 1.54) is 12.1 Å². The number of rotatable bonds is 7. The van der Waals surface area contributed by atoms with Gasteiger partial charge in [0.15, 0.2) is 11.6 Å². The Bertz CT molecular complexity index is 1080. The molecule has 0 atom stereocenters. The fraction of sp³-hybridized carbons (Fsp3) is 0.500. The van der Waals surface area contributed by atoms with Gasteiger partial charge in [0.1, 0.15) is 17.7 Å². The number of allylic oxidation sites excluding steroid dienone is 2. The summed E-state index contributed by atoms with van der Waals surface area (Å²) < 4.78 is 55.3. The topological polar surface area (TPSA) is 35.5 Å². The molecule has 36 heavy (non-hydrogen) atoms. The lowest BCUT2D eigenvalue weighted by molar-refractivity contribution is 0.0188. The van der Waals surface area contributed by atoms with Crippen LogP contribution in [0, 0.1) is 23.4 Å². The van der Waals surface area contributed by atoms with E-state index in [-0.39, 0.29) is 23.2 Å². The average molecular weight is 501 g/mol. The molecule has 3 nitrogen and oxygen atoms in total. The maximum Gasteiger partial charge on any atom is 0.341 e. The SMILES string of the molecule is CC=CC1CCC(c2ccc(C(=O)OC3CCC(c4ccc(OCC)cc4F)CC3)c(F)c2F)CC1. The second-order valence-electron chi connectivity index (χ2n) is 9.96. The van der Waals surface area contributed by atoms with Crippen molar-refractivity contribution in [1.29, 1.82) is 0 Å². The van der Waals surface area contributed by atoms with Gasteiger partial charge in [0.25, 0.3) is 0 Å². The van der Waals surface area contributed by atoms with Crippen molar-refractivity contribution in [2.45, 2.75) is 83.2 Å². The molecule has 0 spiro atoms. The zero-order valence-electron chi connectivity index (χ0n) is 21.1. The van der Waals surface area contributed by atoms with Crippen LogP contribution in [0.3, 0.4) is 0 Å². The van der Waals surface area contributed by atoms with Gasteiger partial charge in [-0.2, -0.15) is 0 Å². The highest BCUT2D eigenvalue weighted by Crippen LogP contribution is 2.39. The smallest absolute Gasteiger partial charge is 0.341 e. The van der Waals surface area contributed by atoms with Crippen molar-refractivity contribution >= 4 is 5.97 Å². The van der Waals surface area contributed by atoms with Gasteiger partial charge in [-0.15, -0.1) is 0 Å². The fourth-order valence-corrected chi connectivity index (χ4v) is 5.73. The molecule has 2 aliphatic rings. The molecule has 0 saturated heterocycles. The van der Waals surface area contributed by atoms with Crippen LogP contribution in [0.1, 0.15) is 98.5 Å². The zero-order chi connectivity index (χ0) is 25.7. The zero-order valence-corrected chi connectivity index (χ0v) is 21.1. The third-order valence-corrected chi connectivity index (χ3v) is 7.68. The van der Waals surface area contributed by atoms with Crippen molar-refractivity contribution in [3.05, 3.63) is 76.6 Å². The van der Waals surface area contributed by atoms with Gasteiger partial charge < -0.3 is 9.47 Å². The van der Waals surface area contributed by atoms with Crippen molar-refractivity contribution in [3.63, 3.8) is 0 Å². The van der Waals surface area contributed by atoms with Crippen molar-refractivity contribution in [2.24, 2.45) is 5.92 Å². The standard InChI is InChI=1S/C30H35F3O3/c1-3-5-19-6-8-21(9-7-19)25-16-17-26(29(33)28(25)32)30(34)36-22-12-10-20(11-13-22)24-15-14-23(35-4-2)18-27(24)31/h3,5,14-22H,4,6-13H2,1-2H3. The monoisotopic (exact) mass is 500 g/mol. The van der Waals surface area contributed by atoms with Gasteiger partial charge in [-0.25, -0.2) is 18.0 Å². The van der Waals surface area contributed by atoms with Crippen LogP contribution in [-0.4, -0.2) is 18.7 Å².